The molecule has 1 saturated heterocycles. The van der Waals surface area contributed by atoms with E-state index in [0.717, 1.165) is 75.4 Å². The maximum atomic E-state index is 12.4. The lowest BCUT2D eigenvalue weighted by atomic mass is 9.74. The molecule has 25 heavy (non-hydrogen) atoms. The van der Waals surface area contributed by atoms with Gasteiger partial charge in [-0.05, 0) is 50.2 Å². The molecule has 2 N–H and O–H groups in total. The van der Waals surface area contributed by atoms with Gasteiger partial charge in [-0.25, -0.2) is 4.98 Å². The fraction of sp³-hybridized carbons (Fsp3) is 0.526. The third kappa shape index (κ3) is 2.34. The van der Waals surface area contributed by atoms with Crippen LogP contribution in [0.5, 0.6) is 0 Å². The Morgan fingerprint density at radius 1 is 1.16 bits per heavy atom. The second-order valence-electron chi connectivity index (χ2n) is 7.56. The molecule has 1 spiro atoms. The van der Waals surface area contributed by atoms with Crippen LogP contribution in [0.25, 0.3) is 0 Å². The lowest BCUT2D eigenvalue weighted by molar-refractivity contribution is 0.359. The lowest BCUT2D eigenvalue weighted by Gasteiger charge is -2.39. The van der Waals surface area contributed by atoms with Gasteiger partial charge in [-0.3, -0.25) is 14.8 Å². The highest BCUT2D eigenvalue weighted by Gasteiger charge is 2.41. The Kier molecular flexibility index (Phi) is 3.33. The number of aromatic amines is 1. The summed E-state index contributed by atoms with van der Waals surface area (Å²) in [6, 6.07) is 2.16. The van der Waals surface area contributed by atoms with Crippen LogP contribution in [0.3, 0.4) is 0 Å². The number of aromatic nitrogens is 3. The molecule has 130 valence electrons. The van der Waals surface area contributed by atoms with E-state index in [1.807, 2.05) is 12.4 Å². The Hall–Kier alpha value is -2.37. The van der Waals surface area contributed by atoms with Crippen LogP contribution in [0.1, 0.15) is 42.5 Å². The van der Waals surface area contributed by atoms with E-state index in [0.29, 0.717) is 0 Å². The average molecular weight is 337 g/mol. The predicted molar refractivity (Wildman–Crippen MR) is 97.4 cm³/mol. The van der Waals surface area contributed by atoms with E-state index in [-0.39, 0.29) is 11.0 Å². The van der Waals surface area contributed by atoms with E-state index in [1.54, 1.807) is 0 Å². The number of aryl methyl sites for hydroxylation is 1. The van der Waals surface area contributed by atoms with Crippen molar-refractivity contribution in [3.8, 4) is 0 Å². The zero-order valence-corrected chi connectivity index (χ0v) is 14.3. The van der Waals surface area contributed by atoms with Gasteiger partial charge in [0.25, 0.3) is 5.56 Å². The third-order valence-corrected chi connectivity index (χ3v) is 6.21. The van der Waals surface area contributed by atoms with E-state index in [9.17, 15) is 4.79 Å². The van der Waals surface area contributed by atoms with Crippen molar-refractivity contribution < 1.29 is 0 Å². The molecule has 0 saturated carbocycles. The summed E-state index contributed by atoms with van der Waals surface area (Å²) in [5.41, 5.74) is 4.77. The van der Waals surface area contributed by atoms with Crippen molar-refractivity contribution in [1.82, 2.24) is 15.0 Å². The molecule has 2 aliphatic heterocycles. The molecule has 1 fully saturated rings. The molecule has 0 atom stereocenters. The number of nitrogens with zero attached hydrogens (tertiary/aromatic N) is 3. The Morgan fingerprint density at radius 3 is 2.88 bits per heavy atom. The van der Waals surface area contributed by atoms with E-state index >= 15 is 0 Å². The van der Waals surface area contributed by atoms with Crippen LogP contribution >= 0.6 is 0 Å². The summed E-state index contributed by atoms with van der Waals surface area (Å²) in [5.74, 6) is 0.765. The number of hydrogen-bond donors (Lipinski definition) is 2. The number of rotatable bonds is 1. The second kappa shape index (κ2) is 5.58. The molecule has 5 rings (SSSR count). The summed E-state index contributed by atoms with van der Waals surface area (Å²) < 4.78 is 0. The summed E-state index contributed by atoms with van der Waals surface area (Å²) in [6.07, 6.45) is 10.0. The molecule has 3 aliphatic rings. The van der Waals surface area contributed by atoms with Gasteiger partial charge >= 0.3 is 0 Å². The van der Waals surface area contributed by atoms with Crippen LogP contribution in [0.2, 0.25) is 0 Å². The van der Waals surface area contributed by atoms with Gasteiger partial charge in [-0.2, -0.15) is 0 Å². The molecular formula is C19H23N5O. The van der Waals surface area contributed by atoms with Crippen molar-refractivity contribution in [3.63, 3.8) is 0 Å². The smallest absolute Gasteiger partial charge is 0.255 e. The first-order chi connectivity index (χ1) is 12.3. The largest absolute Gasteiger partial charge is 0.383 e. The molecule has 1 aliphatic carbocycles. The number of H-pyrrole nitrogens is 1. The molecule has 2 aromatic rings. The Bertz CT molecular complexity index is 866. The molecule has 0 radical (unpaired) electrons. The van der Waals surface area contributed by atoms with E-state index in [2.05, 4.69) is 26.3 Å². The molecule has 6 nitrogen and oxygen atoms in total. The molecule has 2 aromatic heterocycles. The fourth-order valence-electron chi connectivity index (χ4n) is 4.69. The predicted octanol–water partition coefficient (Wildman–Crippen LogP) is 2.01. The zero-order valence-electron chi connectivity index (χ0n) is 14.3. The number of hydrogen-bond acceptors (Lipinski definition) is 5. The Labute approximate surface area is 146 Å². The second-order valence-corrected chi connectivity index (χ2v) is 7.56. The van der Waals surface area contributed by atoms with Crippen LogP contribution in [0, 0.1) is 0 Å². The first-order valence-corrected chi connectivity index (χ1v) is 9.31. The highest BCUT2D eigenvalue weighted by molar-refractivity contribution is 5.59. The monoisotopic (exact) mass is 337 g/mol. The third-order valence-electron chi connectivity index (χ3n) is 6.21. The van der Waals surface area contributed by atoms with Crippen molar-refractivity contribution >= 4 is 11.6 Å². The molecule has 6 heteroatoms. The molecule has 0 unspecified atom stereocenters. The molecule has 0 aromatic carbocycles. The minimum atomic E-state index is 0.0685. The first-order valence-electron chi connectivity index (χ1n) is 9.31. The highest BCUT2D eigenvalue weighted by atomic mass is 16.1. The maximum Gasteiger partial charge on any atom is 0.255 e. The molecule has 4 heterocycles. The van der Waals surface area contributed by atoms with Crippen LogP contribution in [-0.2, 0) is 18.3 Å². The van der Waals surface area contributed by atoms with Crippen LogP contribution in [-0.4, -0.2) is 34.6 Å². The summed E-state index contributed by atoms with van der Waals surface area (Å²) in [4.78, 5) is 26.7. The van der Waals surface area contributed by atoms with Gasteiger partial charge in [-0.1, -0.05) is 0 Å². The van der Waals surface area contributed by atoms with Crippen molar-refractivity contribution in [1.29, 1.82) is 0 Å². The topological polar surface area (TPSA) is 73.9 Å². The van der Waals surface area contributed by atoms with Gasteiger partial charge in [-0.15, -0.1) is 0 Å². The van der Waals surface area contributed by atoms with Gasteiger partial charge in [0.05, 0.1) is 17.6 Å². The quantitative estimate of drug-likeness (QED) is 0.833. The van der Waals surface area contributed by atoms with Gasteiger partial charge < -0.3 is 10.2 Å². The Morgan fingerprint density at radius 2 is 2.00 bits per heavy atom. The minimum absolute atomic E-state index is 0.0685. The fourth-order valence-corrected chi connectivity index (χ4v) is 4.69. The first kappa shape index (κ1) is 14.9. The van der Waals surface area contributed by atoms with Crippen LogP contribution < -0.4 is 15.8 Å². The molecule has 0 bridgehead atoms. The van der Waals surface area contributed by atoms with E-state index in [4.69, 9.17) is 4.98 Å². The van der Waals surface area contributed by atoms with Gasteiger partial charge in [0.1, 0.15) is 0 Å². The van der Waals surface area contributed by atoms with Crippen LogP contribution in [0.15, 0.2) is 23.3 Å². The van der Waals surface area contributed by atoms with Gasteiger partial charge in [0.15, 0.2) is 0 Å². The number of fused-ring (bicyclic) bond motifs is 3. The SMILES string of the molecule is O=c1[nH]c(N2CCC3(CC2)CNc2cnccc23)nc2c1CCCC2. The summed E-state index contributed by atoms with van der Waals surface area (Å²) in [5, 5.41) is 3.51. The number of piperidine rings is 1. The number of pyridine rings is 1. The van der Waals surface area contributed by atoms with E-state index in [1.165, 1.54) is 11.3 Å². The normalized spacial score (nSPS) is 20.9. The minimum Gasteiger partial charge on any atom is -0.383 e. The standard InChI is InChI=1S/C19H23N5O/c25-17-13-3-1-2-4-15(13)22-18(23-17)24-9-6-19(7-10-24)12-21-16-11-20-8-5-14(16)19/h5,8,11,21H,1-4,6-7,9-10,12H2,(H,22,23,25). The maximum absolute atomic E-state index is 12.4. The van der Waals surface area contributed by atoms with Crippen molar-refractivity contribution in [2.45, 2.75) is 43.9 Å². The lowest BCUT2D eigenvalue weighted by Crippen LogP contribution is -2.45. The summed E-state index contributed by atoms with van der Waals surface area (Å²) >= 11 is 0. The summed E-state index contributed by atoms with van der Waals surface area (Å²) in [7, 11) is 0. The Balaban J connectivity index is 1.40. The highest BCUT2D eigenvalue weighted by Crippen LogP contribution is 2.43. The van der Waals surface area contributed by atoms with E-state index < -0.39 is 0 Å². The average Bonchev–Trinajstić information content (AvgIpc) is 3.01. The van der Waals surface area contributed by atoms with Crippen molar-refractivity contribution in [2.75, 3.05) is 29.9 Å². The van der Waals surface area contributed by atoms with Gasteiger partial charge in [0.2, 0.25) is 5.95 Å². The van der Waals surface area contributed by atoms with Gasteiger partial charge in [0, 0.05) is 36.8 Å². The molecule has 0 amide bonds. The number of anilines is 2. The van der Waals surface area contributed by atoms with Crippen molar-refractivity contribution in [3.05, 3.63) is 45.6 Å². The number of nitrogens with one attached hydrogen (secondary N) is 2. The van der Waals surface area contributed by atoms with Crippen molar-refractivity contribution in [2.24, 2.45) is 0 Å². The van der Waals surface area contributed by atoms with Crippen LogP contribution in [0.4, 0.5) is 11.6 Å². The summed E-state index contributed by atoms with van der Waals surface area (Å²) in [6.45, 7) is 2.83. The zero-order chi connectivity index (χ0) is 16.9. The molecular weight excluding hydrogens is 314 g/mol.